The van der Waals surface area contributed by atoms with Gasteiger partial charge < -0.3 is 10.2 Å². The molecule has 0 aromatic heterocycles. The lowest BCUT2D eigenvalue weighted by molar-refractivity contribution is -0.131. The average molecular weight is 248 g/mol. The van der Waals surface area contributed by atoms with Crippen molar-refractivity contribution in [3.63, 3.8) is 0 Å². The van der Waals surface area contributed by atoms with Gasteiger partial charge in [0.2, 0.25) is 5.91 Å². The summed E-state index contributed by atoms with van der Waals surface area (Å²) in [6.07, 6.45) is 0. The van der Waals surface area contributed by atoms with Gasteiger partial charge in [-0.1, -0.05) is 18.2 Å². The third kappa shape index (κ3) is 3.57. The number of nitrogens with zero attached hydrogens (tertiary/aromatic N) is 1. The van der Waals surface area contributed by atoms with Crippen LogP contribution in [-0.2, 0) is 11.3 Å². The minimum absolute atomic E-state index is 0.141. The third-order valence-corrected chi connectivity index (χ3v) is 3.54. The van der Waals surface area contributed by atoms with E-state index >= 15 is 0 Å². The molecule has 1 amide bonds. The van der Waals surface area contributed by atoms with E-state index in [1.807, 2.05) is 20.9 Å². The van der Waals surface area contributed by atoms with Crippen LogP contribution < -0.4 is 5.32 Å². The van der Waals surface area contributed by atoms with Crippen LogP contribution in [0, 0.1) is 13.8 Å². The zero-order valence-electron chi connectivity index (χ0n) is 12.1. The summed E-state index contributed by atoms with van der Waals surface area (Å²) in [5, 5.41) is 3.29. The van der Waals surface area contributed by atoms with Gasteiger partial charge in [-0.2, -0.15) is 0 Å². The molecule has 100 valence electrons. The minimum Gasteiger partial charge on any atom is -0.345 e. The van der Waals surface area contributed by atoms with Gasteiger partial charge in [-0.05, 0) is 44.4 Å². The van der Waals surface area contributed by atoms with Gasteiger partial charge in [0, 0.05) is 20.1 Å². The van der Waals surface area contributed by atoms with Gasteiger partial charge in [0.15, 0.2) is 0 Å². The highest BCUT2D eigenvalue weighted by Crippen LogP contribution is 2.12. The fraction of sp³-hybridized carbons (Fsp3) is 0.533. The number of likely N-dealkylation sites (N-methyl/N-ethyl adjacent to an activating group) is 1. The second-order valence-corrected chi connectivity index (χ2v) is 4.81. The fourth-order valence-corrected chi connectivity index (χ4v) is 1.84. The van der Waals surface area contributed by atoms with E-state index in [1.165, 1.54) is 16.7 Å². The van der Waals surface area contributed by atoms with Gasteiger partial charge in [-0.3, -0.25) is 4.79 Å². The van der Waals surface area contributed by atoms with Crippen LogP contribution >= 0.6 is 0 Å². The Morgan fingerprint density at radius 1 is 1.39 bits per heavy atom. The predicted molar refractivity (Wildman–Crippen MR) is 75.5 cm³/mol. The molecule has 0 fully saturated rings. The van der Waals surface area contributed by atoms with Crippen LogP contribution in [0.5, 0.6) is 0 Å². The van der Waals surface area contributed by atoms with Crippen LogP contribution in [0.25, 0.3) is 0 Å². The molecule has 1 aromatic rings. The Balaban J connectivity index is 2.60. The van der Waals surface area contributed by atoms with Gasteiger partial charge in [0.05, 0.1) is 6.04 Å². The molecule has 1 N–H and O–H groups in total. The highest BCUT2D eigenvalue weighted by molar-refractivity contribution is 5.81. The number of hydrogen-bond acceptors (Lipinski definition) is 2. The first-order valence-corrected chi connectivity index (χ1v) is 6.50. The van der Waals surface area contributed by atoms with E-state index < -0.39 is 0 Å². The molecule has 0 saturated carbocycles. The molecule has 1 unspecified atom stereocenters. The van der Waals surface area contributed by atoms with Crippen LogP contribution in [0.2, 0.25) is 0 Å². The molecule has 18 heavy (non-hydrogen) atoms. The number of benzene rings is 1. The normalized spacial score (nSPS) is 12.3. The van der Waals surface area contributed by atoms with Gasteiger partial charge >= 0.3 is 0 Å². The summed E-state index contributed by atoms with van der Waals surface area (Å²) in [6.45, 7) is 9.61. The molecule has 0 aliphatic heterocycles. The minimum atomic E-state index is -0.144. The highest BCUT2D eigenvalue weighted by atomic mass is 16.2. The highest BCUT2D eigenvalue weighted by Gasteiger charge is 2.15. The van der Waals surface area contributed by atoms with Gasteiger partial charge in [-0.25, -0.2) is 0 Å². The Kier molecular flexibility index (Phi) is 5.35. The molecule has 1 atom stereocenters. The fourth-order valence-electron chi connectivity index (χ4n) is 1.84. The zero-order chi connectivity index (χ0) is 13.7. The number of amides is 1. The molecule has 0 radical (unpaired) electrons. The van der Waals surface area contributed by atoms with Crippen molar-refractivity contribution in [2.75, 3.05) is 13.6 Å². The molecule has 3 heteroatoms. The Bertz CT molecular complexity index is 415. The Labute approximate surface area is 110 Å². The van der Waals surface area contributed by atoms with Crippen molar-refractivity contribution in [2.45, 2.75) is 40.3 Å². The second kappa shape index (κ2) is 6.55. The largest absolute Gasteiger partial charge is 0.345 e. The number of carbonyl (C=O) groups is 1. The maximum absolute atomic E-state index is 11.9. The summed E-state index contributed by atoms with van der Waals surface area (Å²) in [7, 11) is 1.83. The van der Waals surface area contributed by atoms with Gasteiger partial charge in [0.25, 0.3) is 0 Å². The first-order valence-electron chi connectivity index (χ1n) is 6.50. The van der Waals surface area contributed by atoms with E-state index in [4.69, 9.17) is 0 Å². The van der Waals surface area contributed by atoms with Crippen molar-refractivity contribution in [2.24, 2.45) is 0 Å². The number of carbonyl (C=O) groups excluding carboxylic acids is 1. The topological polar surface area (TPSA) is 32.3 Å². The number of aryl methyl sites for hydroxylation is 1. The first-order chi connectivity index (χ1) is 8.47. The van der Waals surface area contributed by atoms with Crippen LogP contribution in [0.15, 0.2) is 18.2 Å². The van der Waals surface area contributed by atoms with Gasteiger partial charge in [-0.15, -0.1) is 0 Å². The molecular weight excluding hydrogens is 224 g/mol. The van der Waals surface area contributed by atoms with Crippen molar-refractivity contribution >= 4 is 5.91 Å². The lowest BCUT2D eigenvalue weighted by Crippen LogP contribution is -2.42. The van der Waals surface area contributed by atoms with E-state index in [1.54, 1.807) is 4.90 Å². The number of hydrogen-bond donors (Lipinski definition) is 1. The lowest BCUT2D eigenvalue weighted by Gasteiger charge is -2.21. The number of rotatable bonds is 5. The molecule has 1 rings (SSSR count). The van der Waals surface area contributed by atoms with Crippen molar-refractivity contribution in [3.8, 4) is 0 Å². The van der Waals surface area contributed by atoms with E-state index in [0.717, 1.165) is 13.1 Å². The summed E-state index contributed by atoms with van der Waals surface area (Å²) < 4.78 is 0. The van der Waals surface area contributed by atoms with Crippen molar-refractivity contribution in [1.29, 1.82) is 0 Å². The van der Waals surface area contributed by atoms with Crippen LogP contribution in [0.3, 0.4) is 0 Å². The van der Waals surface area contributed by atoms with Crippen LogP contribution in [0.1, 0.15) is 30.5 Å². The van der Waals surface area contributed by atoms with Crippen LogP contribution in [0.4, 0.5) is 0 Å². The molecule has 0 spiro atoms. The molecule has 0 aliphatic carbocycles. The standard InChI is InChI=1S/C15H24N2O/c1-6-17(5)15(18)13(4)16-10-14-9-7-8-11(2)12(14)3/h7-9,13,16H,6,10H2,1-5H3. The Morgan fingerprint density at radius 3 is 2.67 bits per heavy atom. The summed E-state index contributed by atoms with van der Waals surface area (Å²) in [4.78, 5) is 13.6. The summed E-state index contributed by atoms with van der Waals surface area (Å²) in [6, 6.07) is 6.13. The molecule has 0 heterocycles. The summed E-state index contributed by atoms with van der Waals surface area (Å²) >= 11 is 0. The zero-order valence-corrected chi connectivity index (χ0v) is 12.1. The SMILES string of the molecule is CCN(C)C(=O)C(C)NCc1cccc(C)c1C. The summed E-state index contributed by atoms with van der Waals surface area (Å²) in [5.74, 6) is 0.141. The smallest absolute Gasteiger partial charge is 0.239 e. The van der Waals surface area contributed by atoms with Crippen molar-refractivity contribution < 1.29 is 4.79 Å². The Morgan fingerprint density at radius 2 is 2.06 bits per heavy atom. The maximum atomic E-state index is 11.9. The monoisotopic (exact) mass is 248 g/mol. The van der Waals surface area contributed by atoms with Gasteiger partial charge in [0.1, 0.15) is 0 Å². The molecule has 0 saturated heterocycles. The third-order valence-electron chi connectivity index (χ3n) is 3.54. The molecular formula is C15H24N2O. The quantitative estimate of drug-likeness (QED) is 0.867. The molecule has 0 aliphatic rings. The first kappa shape index (κ1) is 14.7. The van der Waals surface area contributed by atoms with Crippen molar-refractivity contribution in [1.82, 2.24) is 10.2 Å². The Hall–Kier alpha value is -1.35. The maximum Gasteiger partial charge on any atom is 0.239 e. The van der Waals surface area contributed by atoms with Crippen molar-refractivity contribution in [3.05, 3.63) is 34.9 Å². The average Bonchev–Trinajstić information content (AvgIpc) is 2.38. The lowest BCUT2D eigenvalue weighted by atomic mass is 10.0. The molecule has 3 nitrogen and oxygen atoms in total. The number of nitrogens with one attached hydrogen (secondary N) is 1. The summed E-state index contributed by atoms with van der Waals surface area (Å²) in [5.41, 5.74) is 3.85. The van der Waals surface area contributed by atoms with Crippen LogP contribution in [-0.4, -0.2) is 30.4 Å². The van der Waals surface area contributed by atoms with E-state index in [2.05, 4.69) is 37.4 Å². The van der Waals surface area contributed by atoms with E-state index in [9.17, 15) is 4.79 Å². The van der Waals surface area contributed by atoms with E-state index in [0.29, 0.717) is 0 Å². The van der Waals surface area contributed by atoms with E-state index in [-0.39, 0.29) is 11.9 Å². The molecule has 1 aromatic carbocycles. The molecule has 0 bridgehead atoms. The second-order valence-electron chi connectivity index (χ2n) is 4.81. The predicted octanol–water partition coefficient (Wildman–Crippen LogP) is 2.26.